The van der Waals surface area contributed by atoms with Crippen molar-refractivity contribution in [2.45, 2.75) is 13.5 Å². The van der Waals surface area contributed by atoms with Crippen LogP contribution in [0.4, 0.5) is 0 Å². The average molecular weight is 230 g/mol. The van der Waals surface area contributed by atoms with Gasteiger partial charge in [-0.1, -0.05) is 0 Å². The fraction of sp³-hybridized carbons (Fsp3) is 0.556. The molecule has 0 aromatic carbocycles. The molecule has 0 spiro atoms. The van der Waals surface area contributed by atoms with E-state index >= 15 is 0 Å². The lowest BCUT2D eigenvalue weighted by Crippen LogP contribution is -2.16. The van der Waals surface area contributed by atoms with E-state index in [0.29, 0.717) is 24.7 Å². The van der Waals surface area contributed by atoms with E-state index in [9.17, 15) is 4.79 Å². The molecule has 2 N–H and O–H groups in total. The largest absolute Gasteiger partial charge is 0.461 e. The highest BCUT2D eigenvalue weighted by atomic mass is 32.1. The summed E-state index contributed by atoms with van der Waals surface area (Å²) in [6.45, 7) is 3.36. The molecule has 1 aromatic rings. The molecule has 0 aliphatic rings. The average Bonchev–Trinajstić information content (AvgIpc) is 2.67. The number of nitrogens with one attached hydrogen (secondary N) is 1. The maximum atomic E-state index is 11.3. The van der Waals surface area contributed by atoms with Gasteiger partial charge in [-0.3, -0.25) is 0 Å². The van der Waals surface area contributed by atoms with Crippen molar-refractivity contribution in [3.8, 4) is 0 Å². The first-order chi connectivity index (χ1) is 7.27. The van der Waals surface area contributed by atoms with Gasteiger partial charge in [0.1, 0.15) is 0 Å². The minimum absolute atomic E-state index is 0.101. The van der Waals surface area contributed by atoms with E-state index in [4.69, 9.17) is 9.84 Å². The van der Waals surface area contributed by atoms with Crippen molar-refractivity contribution < 1.29 is 14.6 Å². The summed E-state index contributed by atoms with van der Waals surface area (Å²) in [6.07, 6.45) is 1.64. The number of aliphatic hydroxyl groups is 1. The molecular formula is C9H14N2O3S. The van der Waals surface area contributed by atoms with Gasteiger partial charge in [0.15, 0.2) is 0 Å². The Kier molecular flexibility index (Phi) is 5.23. The number of thiazole rings is 1. The number of ether oxygens (including phenoxy) is 1. The minimum Gasteiger partial charge on any atom is -0.461 e. The number of aliphatic hydroxyl groups excluding tert-OH is 1. The molecule has 0 amide bonds. The standard InChI is InChI=1S/C9H14N2O3S/c1-2-14-9(13)8-11-6-7(15-8)5-10-3-4-12/h6,10,12H,2-5H2,1H3. The summed E-state index contributed by atoms with van der Waals surface area (Å²) in [5.74, 6) is -0.379. The van der Waals surface area contributed by atoms with Gasteiger partial charge in [0.2, 0.25) is 5.01 Å². The van der Waals surface area contributed by atoms with Crippen molar-refractivity contribution in [2.75, 3.05) is 19.8 Å². The molecule has 0 aliphatic heterocycles. The van der Waals surface area contributed by atoms with Crippen LogP contribution in [0.2, 0.25) is 0 Å². The highest BCUT2D eigenvalue weighted by Gasteiger charge is 2.11. The van der Waals surface area contributed by atoms with E-state index in [-0.39, 0.29) is 12.6 Å². The predicted octanol–water partition coefficient (Wildman–Crippen LogP) is 0.402. The van der Waals surface area contributed by atoms with Gasteiger partial charge in [-0.15, -0.1) is 11.3 Å². The summed E-state index contributed by atoms with van der Waals surface area (Å²) in [5.41, 5.74) is 0. The third kappa shape index (κ3) is 3.94. The lowest BCUT2D eigenvalue weighted by atomic mass is 10.5. The van der Waals surface area contributed by atoms with Crippen molar-refractivity contribution in [3.63, 3.8) is 0 Å². The smallest absolute Gasteiger partial charge is 0.367 e. The Balaban J connectivity index is 2.45. The van der Waals surface area contributed by atoms with Crippen LogP contribution < -0.4 is 5.32 Å². The number of aromatic nitrogens is 1. The number of hydrogen-bond acceptors (Lipinski definition) is 6. The van der Waals surface area contributed by atoms with E-state index in [0.717, 1.165) is 4.88 Å². The van der Waals surface area contributed by atoms with Crippen LogP contribution in [0.1, 0.15) is 21.6 Å². The van der Waals surface area contributed by atoms with Crippen LogP contribution in [0.15, 0.2) is 6.20 Å². The Hall–Kier alpha value is -0.980. The van der Waals surface area contributed by atoms with Crippen molar-refractivity contribution in [3.05, 3.63) is 16.1 Å². The van der Waals surface area contributed by atoms with Gasteiger partial charge in [-0.25, -0.2) is 9.78 Å². The highest BCUT2D eigenvalue weighted by molar-refractivity contribution is 7.13. The molecule has 1 rings (SSSR count). The van der Waals surface area contributed by atoms with Crippen molar-refractivity contribution in [2.24, 2.45) is 0 Å². The Morgan fingerprint density at radius 2 is 2.53 bits per heavy atom. The van der Waals surface area contributed by atoms with E-state index in [1.54, 1.807) is 13.1 Å². The number of carbonyl (C=O) groups excluding carboxylic acids is 1. The molecule has 0 bridgehead atoms. The lowest BCUT2D eigenvalue weighted by Gasteiger charge is -1.98. The summed E-state index contributed by atoms with van der Waals surface area (Å²) < 4.78 is 4.82. The summed E-state index contributed by atoms with van der Waals surface area (Å²) in [6, 6.07) is 0. The van der Waals surface area contributed by atoms with E-state index in [1.807, 2.05) is 0 Å². The molecule has 1 aromatic heterocycles. The molecule has 0 atom stereocenters. The topological polar surface area (TPSA) is 71.5 Å². The quantitative estimate of drug-likeness (QED) is 0.547. The first-order valence-electron chi connectivity index (χ1n) is 4.71. The molecule has 1 heterocycles. The van der Waals surface area contributed by atoms with Gasteiger partial charge >= 0.3 is 5.97 Å². The fourth-order valence-corrected chi connectivity index (χ4v) is 1.74. The Morgan fingerprint density at radius 3 is 3.20 bits per heavy atom. The molecule has 6 heteroatoms. The molecule has 15 heavy (non-hydrogen) atoms. The SMILES string of the molecule is CCOC(=O)c1ncc(CNCCO)s1. The van der Waals surface area contributed by atoms with Crippen LogP contribution in [0.3, 0.4) is 0 Å². The normalized spacial score (nSPS) is 10.3. The summed E-state index contributed by atoms with van der Waals surface area (Å²) >= 11 is 1.30. The molecule has 5 nitrogen and oxygen atoms in total. The molecule has 84 valence electrons. The third-order valence-electron chi connectivity index (χ3n) is 1.59. The zero-order valence-electron chi connectivity index (χ0n) is 8.52. The molecule has 0 radical (unpaired) electrons. The van der Waals surface area contributed by atoms with Crippen LogP contribution >= 0.6 is 11.3 Å². The number of rotatable bonds is 6. The summed E-state index contributed by atoms with van der Waals surface area (Å²) in [4.78, 5) is 16.2. The van der Waals surface area contributed by atoms with Crippen molar-refractivity contribution >= 4 is 17.3 Å². The summed E-state index contributed by atoms with van der Waals surface area (Å²) in [5, 5.41) is 11.9. The third-order valence-corrected chi connectivity index (χ3v) is 2.57. The zero-order chi connectivity index (χ0) is 11.1. The fourth-order valence-electron chi connectivity index (χ4n) is 0.967. The molecular weight excluding hydrogens is 216 g/mol. The second kappa shape index (κ2) is 6.49. The van der Waals surface area contributed by atoms with Crippen LogP contribution in [-0.2, 0) is 11.3 Å². The Labute approximate surface area is 92.1 Å². The van der Waals surface area contributed by atoms with E-state index in [2.05, 4.69) is 10.3 Å². The van der Waals surface area contributed by atoms with Gasteiger partial charge < -0.3 is 15.2 Å². The van der Waals surface area contributed by atoms with Crippen molar-refractivity contribution in [1.29, 1.82) is 0 Å². The van der Waals surface area contributed by atoms with Crippen LogP contribution in [0, 0.1) is 0 Å². The molecule has 0 saturated carbocycles. The molecule has 0 aliphatic carbocycles. The van der Waals surface area contributed by atoms with Gasteiger partial charge in [0.25, 0.3) is 0 Å². The predicted molar refractivity (Wildman–Crippen MR) is 56.9 cm³/mol. The van der Waals surface area contributed by atoms with Crippen molar-refractivity contribution in [1.82, 2.24) is 10.3 Å². The number of esters is 1. The zero-order valence-corrected chi connectivity index (χ0v) is 9.34. The number of carbonyl (C=O) groups is 1. The van der Waals surface area contributed by atoms with Crippen LogP contribution in [-0.4, -0.2) is 35.8 Å². The van der Waals surface area contributed by atoms with Gasteiger partial charge in [-0.2, -0.15) is 0 Å². The number of nitrogens with zero attached hydrogens (tertiary/aromatic N) is 1. The Bertz CT molecular complexity index is 314. The van der Waals surface area contributed by atoms with Gasteiger partial charge in [0, 0.05) is 24.2 Å². The Morgan fingerprint density at radius 1 is 1.73 bits per heavy atom. The van der Waals surface area contributed by atoms with Gasteiger partial charge in [-0.05, 0) is 6.92 Å². The number of hydrogen-bond donors (Lipinski definition) is 2. The van der Waals surface area contributed by atoms with E-state index < -0.39 is 0 Å². The maximum absolute atomic E-state index is 11.3. The molecule has 0 fully saturated rings. The first-order valence-corrected chi connectivity index (χ1v) is 5.53. The maximum Gasteiger partial charge on any atom is 0.367 e. The molecule has 0 unspecified atom stereocenters. The first kappa shape index (κ1) is 12.1. The minimum atomic E-state index is -0.379. The monoisotopic (exact) mass is 230 g/mol. The molecule has 0 saturated heterocycles. The second-order valence-electron chi connectivity index (χ2n) is 2.75. The lowest BCUT2D eigenvalue weighted by molar-refractivity contribution is 0.0526. The highest BCUT2D eigenvalue weighted by Crippen LogP contribution is 2.13. The van der Waals surface area contributed by atoms with Crippen LogP contribution in [0.5, 0.6) is 0 Å². The van der Waals surface area contributed by atoms with E-state index in [1.165, 1.54) is 11.3 Å². The van der Waals surface area contributed by atoms with Crippen LogP contribution in [0.25, 0.3) is 0 Å². The van der Waals surface area contributed by atoms with Gasteiger partial charge in [0.05, 0.1) is 13.2 Å². The second-order valence-corrected chi connectivity index (χ2v) is 3.87. The summed E-state index contributed by atoms with van der Waals surface area (Å²) in [7, 11) is 0.